The molecule has 0 aliphatic carbocycles. The summed E-state index contributed by atoms with van der Waals surface area (Å²) in [6.45, 7) is 1.66. The quantitative estimate of drug-likeness (QED) is 0.495. The number of halogens is 2. The Labute approximate surface area is 185 Å². The van der Waals surface area contributed by atoms with Crippen molar-refractivity contribution in [3.63, 3.8) is 0 Å². The molecule has 3 aromatic carbocycles. The second-order valence-electron chi connectivity index (χ2n) is 6.58. The van der Waals surface area contributed by atoms with Gasteiger partial charge in [0.1, 0.15) is 17.6 Å². The summed E-state index contributed by atoms with van der Waals surface area (Å²) in [5, 5.41) is 3.04. The van der Waals surface area contributed by atoms with Crippen molar-refractivity contribution < 1.29 is 22.3 Å². The van der Waals surface area contributed by atoms with Gasteiger partial charge in [0, 0.05) is 5.02 Å². The molecule has 0 aliphatic rings. The zero-order valence-electron chi connectivity index (χ0n) is 16.5. The van der Waals surface area contributed by atoms with Crippen LogP contribution in [-0.2, 0) is 14.8 Å². The molecular formula is C22H20ClFN2O4S. The molecule has 0 aromatic heterocycles. The molecule has 0 aliphatic heterocycles. The first-order chi connectivity index (χ1) is 14.8. The van der Waals surface area contributed by atoms with Gasteiger partial charge in [-0.3, -0.25) is 4.79 Å². The number of para-hydroxylation sites is 1. The maximum Gasteiger partial charge on any atom is 0.242 e. The predicted molar refractivity (Wildman–Crippen MR) is 117 cm³/mol. The van der Waals surface area contributed by atoms with Gasteiger partial charge in [0.05, 0.1) is 10.6 Å². The summed E-state index contributed by atoms with van der Waals surface area (Å²) >= 11 is 6.07. The molecule has 0 saturated carbocycles. The average molecular weight is 463 g/mol. The van der Waals surface area contributed by atoms with Crippen molar-refractivity contribution in [2.45, 2.75) is 24.3 Å². The number of benzene rings is 3. The Hall–Kier alpha value is -2.94. The summed E-state index contributed by atoms with van der Waals surface area (Å²) in [7, 11) is -4.03. The molecule has 2 N–H and O–H groups in total. The normalized spacial score (nSPS) is 12.2. The first-order valence-corrected chi connectivity index (χ1v) is 11.3. The fraction of sp³-hybridized carbons (Fsp3) is 0.136. The van der Waals surface area contributed by atoms with Crippen molar-refractivity contribution in [3.8, 4) is 11.5 Å². The fourth-order valence-electron chi connectivity index (χ4n) is 2.72. The number of hydrogen-bond acceptors (Lipinski definition) is 4. The van der Waals surface area contributed by atoms with E-state index >= 15 is 0 Å². The van der Waals surface area contributed by atoms with E-state index in [0.29, 0.717) is 22.2 Å². The minimum Gasteiger partial charge on any atom is -0.455 e. The third-order valence-corrected chi connectivity index (χ3v) is 6.04. The molecule has 0 bridgehead atoms. The van der Waals surface area contributed by atoms with E-state index < -0.39 is 27.8 Å². The van der Waals surface area contributed by atoms with Gasteiger partial charge in [0.25, 0.3) is 0 Å². The molecule has 9 heteroatoms. The molecule has 162 valence electrons. The zero-order chi connectivity index (χ0) is 22.4. The van der Waals surface area contributed by atoms with Crippen LogP contribution in [0.2, 0.25) is 5.02 Å². The van der Waals surface area contributed by atoms with Crippen LogP contribution in [0.1, 0.15) is 13.3 Å². The Bertz CT molecular complexity index is 1160. The van der Waals surface area contributed by atoms with Gasteiger partial charge in [-0.15, -0.1) is 0 Å². The van der Waals surface area contributed by atoms with Crippen LogP contribution in [0.4, 0.5) is 10.1 Å². The first kappa shape index (κ1) is 22.7. The van der Waals surface area contributed by atoms with Crippen molar-refractivity contribution in [2.24, 2.45) is 0 Å². The Balaban J connectivity index is 1.79. The molecule has 6 nitrogen and oxygen atoms in total. The monoisotopic (exact) mass is 462 g/mol. The van der Waals surface area contributed by atoms with Crippen LogP contribution in [-0.4, -0.2) is 20.4 Å². The molecule has 0 spiro atoms. The topological polar surface area (TPSA) is 84.5 Å². The number of carbonyl (C=O) groups is 1. The van der Waals surface area contributed by atoms with Crippen LogP contribution in [0.15, 0.2) is 77.7 Å². The van der Waals surface area contributed by atoms with Gasteiger partial charge in [-0.2, -0.15) is 4.72 Å². The molecule has 0 saturated heterocycles. The molecule has 1 unspecified atom stereocenters. The van der Waals surface area contributed by atoms with Gasteiger partial charge in [0.15, 0.2) is 5.75 Å². The number of rotatable bonds is 8. The van der Waals surface area contributed by atoms with E-state index in [2.05, 4.69) is 10.0 Å². The van der Waals surface area contributed by atoms with Crippen molar-refractivity contribution in [1.29, 1.82) is 0 Å². The molecule has 1 amide bonds. The van der Waals surface area contributed by atoms with Crippen LogP contribution in [0.25, 0.3) is 0 Å². The van der Waals surface area contributed by atoms with Gasteiger partial charge in [-0.25, -0.2) is 12.8 Å². The molecular weight excluding hydrogens is 443 g/mol. The lowest BCUT2D eigenvalue weighted by molar-refractivity contribution is -0.117. The summed E-state index contributed by atoms with van der Waals surface area (Å²) in [5.74, 6) is -0.242. The first-order valence-electron chi connectivity index (χ1n) is 9.39. The highest BCUT2D eigenvalue weighted by Gasteiger charge is 2.25. The molecule has 1 atom stereocenters. The van der Waals surface area contributed by atoms with Gasteiger partial charge in [0.2, 0.25) is 15.9 Å². The summed E-state index contributed by atoms with van der Waals surface area (Å²) in [5.41, 5.74) is 0.292. The maximum absolute atomic E-state index is 13.1. The zero-order valence-corrected chi connectivity index (χ0v) is 18.1. The third-order valence-electron chi connectivity index (χ3n) is 4.32. The Morgan fingerprint density at radius 2 is 1.74 bits per heavy atom. The lowest BCUT2D eigenvalue weighted by Crippen LogP contribution is -2.43. The Kier molecular flexibility index (Phi) is 7.27. The van der Waals surface area contributed by atoms with E-state index in [4.69, 9.17) is 16.3 Å². The Morgan fingerprint density at radius 1 is 1.06 bits per heavy atom. The predicted octanol–water partition coefficient (Wildman–Crippen LogP) is 4.97. The summed E-state index contributed by atoms with van der Waals surface area (Å²) in [6, 6.07) is 17.0. The number of sulfonamides is 1. The van der Waals surface area contributed by atoms with Crippen molar-refractivity contribution >= 4 is 33.2 Å². The van der Waals surface area contributed by atoms with Crippen LogP contribution in [0, 0.1) is 5.82 Å². The smallest absolute Gasteiger partial charge is 0.242 e. The Morgan fingerprint density at radius 3 is 2.39 bits per heavy atom. The summed E-state index contributed by atoms with van der Waals surface area (Å²) in [4.78, 5) is 12.7. The number of nitrogens with one attached hydrogen (secondary N) is 2. The number of hydrogen-bond donors (Lipinski definition) is 2. The standard InChI is InChI=1S/C22H20ClFN2O4S/c1-2-19(26-31(28,29)18-11-9-16(24)10-12-18)22(27)25-20-14-15(23)8-13-21(20)30-17-6-4-3-5-7-17/h3-14,19,26H,2H2,1H3,(H,25,27). The van der Waals surface area contributed by atoms with Gasteiger partial charge < -0.3 is 10.1 Å². The highest BCUT2D eigenvalue weighted by atomic mass is 35.5. The lowest BCUT2D eigenvalue weighted by atomic mass is 10.2. The highest BCUT2D eigenvalue weighted by Crippen LogP contribution is 2.32. The average Bonchev–Trinajstić information content (AvgIpc) is 2.75. The number of amides is 1. The van der Waals surface area contributed by atoms with E-state index in [1.54, 1.807) is 43.3 Å². The van der Waals surface area contributed by atoms with Gasteiger partial charge in [-0.05, 0) is 61.0 Å². The van der Waals surface area contributed by atoms with Gasteiger partial charge >= 0.3 is 0 Å². The third kappa shape index (κ3) is 6.04. The van der Waals surface area contributed by atoms with Crippen LogP contribution in [0.3, 0.4) is 0 Å². The fourth-order valence-corrected chi connectivity index (χ4v) is 4.17. The second kappa shape index (κ2) is 9.91. The number of carbonyl (C=O) groups excluding carboxylic acids is 1. The van der Waals surface area contributed by atoms with Crippen LogP contribution in [0.5, 0.6) is 11.5 Å². The molecule has 0 fully saturated rings. The molecule has 31 heavy (non-hydrogen) atoms. The maximum atomic E-state index is 13.1. The number of anilines is 1. The summed E-state index contributed by atoms with van der Waals surface area (Å²) < 4.78 is 46.4. The van der Waals surface area contributed by atoms with E-state index in [9.17, 15) is 17.6 Å². The van der Waals surface area contributed by atoms with E-state index in [-0.39, 0.29) is 11.3 Å². The molecule has 0 heterocycles. The van der Waals surface area contributed by atoms with Crippen molar-refractivity contribution in [1.82, 2.24) is 4.72 Å². The SMILES string of the molecule is CCC(NS(=O)(=O)c1ccc(F)cc1)C(=O)Nc1cc(Cl)ccc1Oc1ccccc1. The number of ether oxygens (including phenoxy) is 1. The van der Waals surface area contributed by atoms with E-state index in [1.807, 2.05) is 6.07 Å². The minimum absolute atomic E-state index is 0.143. The van der Waals surface area contributed by atoms with Gasteiger partial charge in [-0.1, -0.05) is 36.7 Å². The molecule has 3 aromatic rings. The van der Waals surface area contributed by atoms with E-state index in [1.165, 1.54) is 6.07 Å². The van der Waals surface area contributed by atoms with Crippen molar-refractivity contribution in [3.05, 3.63) is 83.6 Å². The van der Waals surface area contributed by atoms with Crippen LogP contribution >= 0.6 is 11.6 Å². The van der Waals surface area contributed by atoms with E-state index in [0.717, 1.165) is 24.3 Å². The molecule has 0 radical (unpaired) electrons. The van der Waals surface area contributed by atoms with Crippen LogP contribution < -0.4 is 14.8 Å². The largest absolute Gasteiger partial charge is 0.455 e. The molecule has 3 rings (SSSR count). The summed E-state index contributed by atoms with van der Waals surface area (Å²) in [6.07, 6.45) is 0.182. The minimum atomic E-state index is -4.03. The second-order valence-corrected chi connectivity index (χ2v) is 8.73. The highest BCUT2D eigenvalue weighted by molar-refractivity contribution is 7.89. The lowest BCUT2D eigenvalue weighted by Gasteiger charge is -2.18. The van der Waals surface area contributed by atoms with Crippen molar-refractivity contribution in [2.75, 3.05) is 5.32 Å².